The average molecular weight is 257 g/mol. The summed E-state index contributed by atoms with van der Waals surface area (Å²) >= 11 is 6.04. The van der Waals surface area contributed by atoms with Gasteiger partial charge in [0.25, 0.3) is 5.91 Å². The number of carbonyl (C=O) groups excluding carboxylic acids is 1. The molecule has 0 aliphatic carbocycles. The molecule has 0 fully saturated rings. The van der Waals surface area contributed by atoms with Gasteiger partial charge in [-0.05, 0) is 30.7 Å². The third-order valence-corrected chi connectivity index (χ3v) is 2.57. The van der Waals surface area contributed by atoms with Gasteiger partial charge < -0.3 is 15.4 Å². The van der Waals surface area contributed by atoms with E-state index >= 15 is 0 Å². The number of nitrogens with zero attached hydrogens (tertiary/aromatic N) is 1. The second-order valence-corrected chi connectivity index (χ2v) is 4.29. The van der Waals surface area contributed by atoms with Crippen LogP contribution in [0, 0.1) is 0 Å². The second-order valence-electron chi connectivity index (χ2n) is 3.88. The lowest BCUT2D eigenvalue weighted by Gasteiger charge is -2.12. The van der Waals surface area contributed by atoms with Gasteiger partial charge in [0.15, 0.2) is 6.61 Å². The molecule has 0 saturated heterocycles. The zero-order valence-corrected chi connectivity index (χ0v) is 10.8. The number of amides is 1. The third kappa shape index (κ3) is 4.24. The highest BCUT2D eigenvalue weighted by atomic mass is 35.5. The van der Waals surface area contributed by atoms with E-state index in [0.29, 0.717) is 17.3 Å². The first kappa shape index (κ1) is 13.8. The highest BCUT2D eigenvalue weighted by Gasteiger charge is 2.07. The lowest BCUT2D eigenvalue weighted by Crippen LogP contribution is -2.27. The number of benzene rings is 1. The maximum atomic E-state index is 11.3. The van der Waals surface area contributed by atoms with Gasteiger partial charge >= 0.3 is 0 Å². The molecule has 0 heterocycles. The molecule has 1 rings (SSSR count). The quantitative estimate of drug-likeness (QED) is 0.864. The van der Waals surface area contributed by atoms with Crippen LogP contribution in [-0.2, 0) is 11.2 Å². The van der Waals surface area contributed by atoms with Crippen LogP contribution in [0.4, 0.5) is 0 Å². The zero-order valence-electron chi connectivity index (χ0n) is 10.1. The fraction of sp³-hybridized carbons (Fsp3) is 0.417. The Kier molecular flexibility index (Phi) is 5.25. The summed E-state index contributed by atoms with van der Waals surface area (Å²) in [5, 5.41) is 0.502. The molecule has 0 aliphatic rings. The highest BCUT2D eigenvalue weighted by Crippen LogP contribution is 2.25. The van der Waals surface area contributed by atoms with Crippen LogP contribution in [0.15, 0.2) is 18.2 Å². The molecule has 4 nitrogen and oxygen atoms in total. The van der Waals surface area contributed by atoms with Gasteiger partial charge in [-0.2, -0.15) is 0 Å². The molecule has 0 aliphatic heterocycles. The van der Waals surface area contributed by atoms with Crippen molar-refractivity contribution in [1.29, 1.82) is 0 Å². The van der Waals surface area contributed by atoms with Gasteiger partial charge in [0, 0.05) is 14.1 Å². The van der Waals surface area contributed by atoms with Gasteiger partial charge in [-0.25, -0.2) is 0 Å². The molecule has 94 valence electrons. The number of ether oxygens (including phenoxy) is 1. The summed E-state index contributed by atoms with van der Waals surface area (Å²) in [5.74, 6) is 0.412. The Bertz CT molecular complexity index is 394. The normalized spacial score (nSPS) is 10.1. The topological polar surface area (TPSA) is 55.6 Å². The Hall–Kier alpha value is -1.26. The van der Waals surface area contributed by atoms with Crippen molar-refractivity contribution in [3.05, 3.63) is 28.8 Å². The first-order valence-corrected chi connectivity index (χ1v) is 5.74. The van der Waals surface area contributed by atoms with E-state index in [2.05, 4.69) is 0 Å². The number of nitrogens with two attached hydrogens (primary N) is 1. The maximum absolute atomic E-state index is 11.3. The van der Waals surface area contributed by atoms with E-state index in [1.54, 1.807) is 20.2 Å². The molecule has 0 aromatic heterocycles. The first-order valence-electron chi connectivity index (χ1n) is 5.36. The van der Waals surface area contributed by atoms with Crippen LogP contribution >= 0.6 is 11.6 Å². The summed E-state index contributed by atoms with van der Waals surface area (Å²) in [6.07, 6.45) is 0.774. The molecule has 0 saturated carbocycles. The van der Waals surface area contributed by atoms with Gasteiger partial charge in [0.05, 0.1) is 5.02 Å². The summed E-state index contributed by atoms with van der Waals surface area (Å²) < 4.78 is 5.34. The van der Waals surface area contributed by atoms with E-state index in [1.165, 1.54) is 4.90 Å². The summed E-state index contributed by atoms with van der Waals surface area (Å²) in [6.45, 7) is 0.568. The van der Waals surface area contributed by atoms with Crippen molar-refractivity contribution < 1.29 is 9.53 Å². The Labute approximate surface area is 106 Å². The standard InChI is InChI=1S/C12H17ClN2O2/c1-15(2)12(16)8-17-11-4-3-9(5-6-14)7-10(11)13/h3-4,7H,5-6,8,14H2,1-2H3. The molecule has 1 aromatic carbocycles. The van der Waals surface area contributed by atoms with Crippen LogP contribution in [0.2, 0.25) is 5.02 Å². The Balaban J connectivity index is 2.63. The Morgan fingerprint density at radius 3 is 2.71 bits per heavy atom. The lowest BCUT2D eigenvalue weighted by molar-refractivity contribution is -0.130. The van der Waals surface area contributed by atoms with E-state index in [0.717, 1.165) is 12.0 Å². The van der Waals surface area contributed by atoms with Crippen LogP contribution in [0.1, 0.15) is 5.56 Å². The van der Waals surface area contributed by atoms with Gasteiger partial charge in [0.2, 0.25) is 0 Å². The minimum absolute atomic E-state index is 0.0110. The number of rotatable bonds is 5. The van der Waals surface area contributed by atoms with Crippen molar-refractivity contribution in [2.24, 2.45) is 5.73 Å². The monoisotopic (exact) mass is 256 g/mol. The number of hydrogen-bond acceptors (Lipinski definition) is 3. The molecule has 2 N–H and O–H groups in total. The molecule has 0 bridgehead atoms. The third-order valence-electron chi connectivity index (χ3n) is 2.28. The van der Waals surface area contributed by atoms with Crippen LogP contribution in [-0.4, -0.2) is 38.1 Å². The number of likely N-dealkylation sites (N-methyl/N-ethyl adjacent to an activating group) is 1. The molecule has 0 radical (unpaired) electrons. The minimum atomic E-state index is -0.105. The van der Waals surface area contributed by atoms with Crippen molar-refractivity contribution in [2.45, 2.75) is 6.42 Å². The van der Waals surface area contributed by atoms with Gasteiger partial charge in [0.1, 0.15) is 5.75 Å². The van der Waals surface area contributed by atoms with E-state index in [4.69, 9.17) is 22.1 Å². The fourth-order valence-electron chi connectivity index (χ4n) is 1.25. The molecule has 0 unspecified atom stereocenters. The summed E-state index contributed by atoms with van der Waals surface area (Å²) in [6, 6.07) is 5.47. The lowest BCUT2D eigenvalue weighted by atomic mass is 10.1. The molecule has 1 amide bonds. The minimum Gasteiger partial charge on any atom is -0.482 e. The van der Waals surface area contributed by atoms with Crippen molar-refractivity contribution in [3.8, 4) is 5.75 Å². The first-order chi connectivity index (χ1) is 8.04. The summed E-state index contributed by atoms with van der Waals surface area (Å²) in [4.78, 5) is 12.8. The fourth-order valence-corrected chi connectivity index (χ4v) is 1.51. The van der Waals surface area contributed by atoms with Gasteiger partial charge in [-0.3, -0.25) is 4.79 Å². The summed E-state index contributed by atoms with van der Waals surface area (Å²) in [7, 11) is 3.36. The van der Waals surface area contributed by atoms with Crippen molar-refractivity contribution in [3.63, 3.8) is 0 Å². The Morgan fingerprint density at radius 1 is 1.47 bits per heavy atom. The molecule has 5 heteroatoms. The van der Waals surface area contributed by atoms with Crippen LogP contribution in [0.3, 0.4) is 0 Å². The molecule has 1 aromatic rings. The Morgan fingerprint density at radius 2 is 2.18 bits per heavy atom. The highest BCUT2D eigenvalue weighted by molar-refractivity contribution is 6.32. The number of hydrogen-bond donors (Lipinski definition) is 1. The number of halogens is 1. The van der Waals surface area contributed by atoms with E-state index in [1.807, 2.05) is 12.1 Å². The van der Waals surface area contributed by atoms with E-state index < -0.39 is 0 Å². The van der Waals surface area contributed by atoms with Gasteiger partial charge in [-0.1, -0.05) is 17.7 Å². The van der Waals surface area contributed by atoms with Crippen molar-refractivity contribution in [2.75, 3.05) is 27.2 Å². The molecule has 0 atom stereocenters. The number of carbonyl (C=O) groups is 1. The summed E-state index contributed by atoms with van der Waals surface area (Å²) in [5.41, 5.74) is 6.51. The maximum Gasteiger partial charge on any atom is 0.259 e. The molecular formula is C12H17ClN2O2. The van der Waals surface area contributed by atoms with E-state index in [-0.39, 0.29) is 12.5 Å². The molecule has 17 heavy (non-hydrogen) atoms. The smallest absolute Gasteiger partial charge is 0.259 e. The predicted molar refractivity (Wildman–Crippen MR) is 68.4 cm³/mol. The van der Waals surface area contributed by atoms with Crippen LogP contribution in [0.25, 0.3) is 0 Å². The predicted octanol–water partition coefficient (Wildman–Crippen LogP) is 1.31. The molecule has 0 spiro atoms. The van der Waals surface area contributed by atoms with Gasteiger partial charge in [-0.15, -0.1) is 0 Å². The largest absolute Gasteiger partial charge is 0.482 e. The second kappa shape index (κ2) is 6.47. The van der Waals surface area contributed by atoms with Crippen molar-refractivity contribution in [1.82, 2.24) is 4.90 Å². The van der Waals surface area contributed by atoms with Crippen LogP contribution < -0.4 is 10.5 Å². The average Bonchev–Trinajstić information content (AvgIpc) is 2.27. The SMILES string of the molecule is CN(C)C(=O)COc1ccc(CCN)cc1Cl. The molecular weight excluding hydrogens is 240 g/mol. The van der Waals surface area contributed by atoms with E-state index in [9.17, 15) is 4.79 Å². The zero-order chi connectivity index (χ0) is 12.8. The van der Waals surface area contributed by atoms with Crippen molar-refractivity contribution >= 4 is 17.5 Å². The van der Waals surface area contributed by atoms with Crippen LogP contribution in [0.5, 0.6) is 5.75 Å².